The van der Waals surface area contributed by atoms with Crippen LogP contribution in [-0.4, -0.2) is 56.0 Å². The van der Waals surface area contributed by atoms with Crippen LogP contribution in [0.2, 0.25) is 0 Å². The number of hydrogen-bond acceptors (Lipinski definition) is 7. The molecule has 1 saturated heterocycles. The highest BCUT2D eigenvalue weighted by molar-refractivity contribution is 14.1. The third kappa shape index (κ3) is 6.06. The molecule has 27 heavy (non-hydrogen) atoms. The zero-order valence-corrected chi connectivity index (χ0v) is 19.8. The van der Waals surface area contributed by atoms with Crippen molar-refractivity contribution in [2.45, 2.75) is 6.42 Å². The van der Waals surface area contributed by atoms with Gasteiger partial charge in [0.2, 0.25) is 0 Å². The second-order valence-corrected chi connectivity index (χ2v) is 8.68. The van der Waals surface area contributed by atoms with E-state index in [-0.39, 0.29) is 17.8 Å². The summed E-state index contributed by atoms with van der Waals surface area (Å²) in [7, 11) is 2.88. The first-order valence-electron chi connectivity index (χ1n) is 7.80. The average molecular weight is 617 g/mol. The van der Waals surface area contributed by atoms with Gasteiger partial charge < -0.3 is 14.2 Å². The van der Waals surface area contributed by atoms with Crippen molar-refractivity contribution >= 4 is 80.1 Å². The molecule has 1 aromatic rings. The number of nitrogens with zero attached hydrogens (tertiary/aromatic N) is 1. The fraction of sp³-hybridized carbons (Fsp3) is 0.353. The Hall–Kier alpha value is -0.860. The predicted molar refractivity (Wildman–Crippen MR) is 119 cm³/mol. The first-order chi connectivity index (χ1) is 12.9. The third-order valence-electron chi connectivity index (χ3n) is 3.48. The molecule has 0 N–H and O–H groups in total. The maximum Gasteiger partial charge on any atom is 0.343 e. The number of thioether (sulfide) groups is 1. The maximum absolute atomic E-state index is 12.5. The molecule has 2 rings (SSSR count). The van der Waals surface area contributed by atoms with Crippen LogP contribution in [-0.2, 0) is 19.1 Å². The van der Waals surface area contributed by atoms with Crippen molar-refractivity contribution in [3.63, 3.8) is 0 Å². The van der Waals surface area contributed by atoms with Crippen LogP contribution in [0.15, 0.2) is 17.0 Å². The molecule has 0 radical (unpaired) electrons. The molecule has 0 spiro atoms. The van der Waals surface area contributed by atoms with Gasteiger partial charge in [0.05, 0.1) is 19.2 Å². The van der Waals surface area contributed by atoms with Gasteiger partial charge >= 0.3 is 5.97 Å². The molecule has 10 heteroatoms. The van der Waals surface area contributed by atoms with E-state index < -0.39 is 5.97 Å². The molecule has 1 fully saturated rings. The van der Waals surface area contributed by atoms with Gasteiger partial charge in [0, 0.05) is 20.3 Å². The SMILES string of the molecule is COCCCN1C(=O)S/C(=C/c2cc(I)c(OCC(=O)OC)c(I)c2)C1=O. The monoisotopic (exact) mass is 617 g/mol. The second-order valence-electron chi connectivity index (χ2n) is 5.36. The van der Waals surface area contributed by atoms with Crippen molar-refractivity contribution in [1.82, 2.24) is 4.90 Å². The maximum atomic E-state index is 12.5. The van der Waals surface area contributed by atoms with Gasteiger partial charge in [0.15, 0.2) is 6.61 Å². The minimum absolute atomic E-state index is 0.178. The third-order valence-corrected chi connectivity index (χ3v) is 5.99. The van der Waals surface area contributed by atoms with Gasteiger partial charge in [-0.05, 0) is 87.1 Å². The van der Waals surface area contributed by atoms with E-state index in [2.05, 4.69) is 49.9 Å². The number of esters is 1. The lowest BCUT2D eigenvalue weighted by molar-refractivity contribution is -0.143. The molecule has 7 nitrogen and oxygen atoms in total. The molecule has 0 saturated carbocycles. The molecule has 1 aliphatic heterocycles. The van der Waals surface area contributed by atoms with E-state index in [1.54, 1.807) is 13.2 Å². The van der Waals surface area contributed by atoms with Crippen molar-refractivity contribution in [3.05, 3.63) is 29.7 Å². The van der Waals surface area contributed by atoms with E-state index in [0.29, 0.717) is 30.2 Å². The van der Waals surface area contributed by atoms with E-state index >= 15 is 0 Å². The summed E-state index contributed by atoms with van der Waals surface area (Å²) in [6, 6.07) is 3.66. The zero-order valence-electron chi connectivity index (χ0n) is 14.6. The smallest absolute Gasteiger partial charge is 0.343 e. The number of halogens is 2. The van der Waals surface area contributed by atoms with Crippen LogP contribution in [0.4, 0.5) is 4.79 Å². The Morgan fingerprint density at radius 3 is 2.48 bits per heavy atom. The Labute approximate surface area is 188 Å². The van der Waals surface area contributed by atoms with Crippen molar-refractivity contribution in [2.75, 3.05) is 34.0 Å². The summed E-state index contributed by atoms with van der Waals surface area (Å²) < 4.78 is 16.6. The van der Waals surface area contributed by atoms with Gasteiger partial charge in [-0.15, -0.1) is 0 Å². The van der Waals surface area contributed by atoms with Crippen LogP contribution >= 0.6 is 56.9 Å². The fourth-order valence-electron chi connectivity index (χ4n) is 2.20. The standard InChI is InChI=1S/C17H17I2NO6S/c1-24-5-3-4-20-16(22)13(27-17(20)23)8-10-6-11(18)15(12(19)7-10)26-9-14(21)25-2/h6-8H,3-5,9H2,1-2H3/b13-8+. The summed E-state index contributed by atoms with van der Waals surface area (Å²) in [5.74, 6) is -0.184. The Kier molecular flexibility index (Phi) is 8.82. The lowest BCUT2D eigenvalue weighted by atomic mass is 10.2. The molecule has 0 aromatic heterocycles. The number of amides is 2. The van der Waals surface area contributed by atoms with E-state index in [9.17, 15) is 14.4 Å². The molecule has 0 bridgehead atoms. The second kappa shape index (κ2) is 10.6. The molecular formula is C17H17I2NO6S. The van der Waals surface area contributed by atoms with Gasteiger partial charge in [-0.1, -0.05) is 0 Å². The Morgan fingerprint density at radius 1 is 1.22 bits per heavy atom. The van der Waals surface area contributed by atoms with Crippen LogP contribution in [0.3, 0.4) is 0 Å². The lowest BCUT2D eigenvalue weighted by Gasteiger charge is -2.11. The summed E-state index contributed by atoms with van der Waals surface area (Å²) in [5.41, 5.74) is 0.775. The van der Waals surface area contributed by atoms with E-state index in [1.165, 1.54) is 12.0 Å². The number of carbonyl (C=O) groups is 3. The Balaban J connectivity index is 2.15. The molecule has 0 aliphatic carbocycles. The molecular weight excluding hydrogens is 600 g/mol. The average Bonchev–Trinajstić information content (AvgIpc) is 2.88. The largest absolute Gasteiger partial charge is 0.480 e. The summed E-state index contributed by atoms with van der Waals surface area (Å²) in [5, 5.41) is -0.273. The van der Waals surface area contributed by atoms with Crippen molar-refractivity contribution in [2.24, 2.45) is 0 Å². The van der Waals surface area contributed by atoms with Crippen LogP contribution in [0.1, 0.15) is 12.0 Å². The van der Waals surface area contributed by atoms with Gasteiger partial charge in [-0.3, -0.25) is 14.5 Å². The molecule has 0 unspecified atom stereocenters. The van der Waals surface area contributed by atoms with Crippen molar-refractivity contribution < 1.29 is 28.6 Å². The normalized spacial score (nSPS) is 15.6. The molecule has 2 amide bonds. The molecule has 1 heterocycles. The summed E-state index contributed by atoms with van der Waals surface area (Å²) in [6.07, 6.45) is 2.29. The summed E-state index contributed by atoms with van der Waals surface area (Å²) in [4.78, 5) is 37.4. The molecule has 146 valence electrons. The number of methoxy groups -OCH3 is 2. The van der Waals surface area contributed by atoms with E-state index in [4.69, 9.17) is 9.47 Å². The van der Waals surface area contributed by atoms with Gasteiger partial charge in [0.1, 0.15) is 5.75 Å². The minimum Gasteiger partial charge on any atom is -0.480 e. The topological polar surface area (TPSA) is 82.1 Å². The number of imide groups is 1. The minimum atomic E-state index is -0.465. The van der Waals surface area contributed by atoms with Gasteiger partial charge in [0.25, 0.3) is 11.1 Å². The summed E-state index contributed by atoms with van der Waals surface area (Å²) >= 11 is 5.13. The Morgan fingerprint density at radius 2 is 1.89 bits per heavy atom. The number of carbonyl (C=O) groups excluding carboxylic acids is 3. The molecule has 1 aromatic carbocycles. The quantitative estimate of drug-likeness (QED) is 0.191. The van der Waals surface area contributed by atoms with E-state index in [1.807, 2.05) is 12.1 Å². The highest BCUT2D eigenvalue weighted by Gasteiger charge is 2.34. The lowest BCUT2D eigenvalue weighted by Crippen LogP contribution is -2.29. The predicted octanol–water partition coefficient (Wildman–Crippen LogP) is 3.52. The van der Waals surface area contributed by atoms with Crippen molar-refractivity contribution in [3.8, 4) is 5.75 Å². The molecule has 1 aliphatic rings. The van der Waals surface area contributed by atoms with Crippen LogP contribution in [0.5, 0.6) is 5.75 Å². The first-order valence-corrected chi connectivity index (χ1v) is 10.8. The first kappa shape index (κ1) is 22.4. The van der Waals surface area contributed by atoms with Crippen LogP contribution < -0.4 is 4.74 Å². The zero-order chi connectivity index (χ0) is 20.0. The van der Waals surface area contributed by atoms with Crippen LogP contribution in [0.25, 0.3) is 6.08 Å². The summed E-state index contributed by atoms with van der Waals surface area (Å²) in [6.45, 7) is 0.650. The van der Waals surface area contributed by atoms with Crippen LogP contribution in [0, 0.1) is 7.14 Å². The van der Waals surface area contributed by atoms with Gasteiger partial charge in [-0.25, -0.2) is 4.79 Å². The van der Waals surface area contributed by atoms with E-state index in [0.717, 1.165) is 24.5 Å². The number of ether oxygens (including phenoxy) is 3. The number of hydrogen-bond donors (Lipinski definition) is 0. The Bertz CT molecular complexity index is 760. The number of benzene rings is 1. The highest BCUT2D eigenvalue weighted by atomic mass is 127. The molecule has 0 atom stereocenters. The number of rotatable bonds is 8. The van der Waals surface area contributed by atoms with Crippen molar-refractivity contribution in [1.29, 1.82) is 0 Å². The van der Waals surface area contributed by atoms with Gasteiger partial charge in [-0.2, -0.15) is 0 Å². The fourth-order valence-corrected chi connectivity index (χ4v) is 5.19. The highest BCUT2D eigenvalue weighted by Crippen LogP contribution is 2.34.